The molecule has 1 fully saturated rings. The van der Waals surface area contributed by atoms with E-state index in [0.717, 1.165) is 6.08 Å². The molecule has 0 bridgehead atoms. The van der Waals surface area contributed by atoms with E-state index in [0.29, 0.717) is 17.4 Å². The first-order valence-electron chi connectivity index (χ1n) is 5.26. The van der Waals surface area contributed by atoms with Crippen LogP contribution in [0.3, 0.4) is 0 Å². The summed E-state index contributed by atoms with van der Waals surface area (Å²) in [6, 6.07) is 5.20. The topological polar surface area (TPSA) is 118 Å². The molecule has 0 aromatic heterocycles. The van der Waals surface area contributed by atoms with Crippen molar-refractivity contribution >= 4 is 40.2 Å². The van der Waals surface area contributed by atoms with Crippen LogP contribution in [0.2, 0.25) is 0 Å². The molecule has 0 radical (unpaired) electrons. The van der Waals surface area contributed by atoms with E-state index in [1.807, 2.05) is 5.32 Å². The smallest absolute Gasteiger partial charge is 0.290 e. The van der Waals surface area contributed by atoms with Gasteiger partial charge in [0.05, 0.1) is 9.83 Å². The fourth-order valence-electron chi connectivity index (χ4n) is 1.38. The number of non-ortho nitro benzene ring substituents is 1. The van der Waals surface area contributed by atoms with Crippen molar-refractivity contribution in [1.82, 2.24) is 5.32 Å². The van der Waals surface area contributed by atoms with Crippen LogP contribution < -0.4 is 10.6 Å². The van der Waals surface area contributed by atoms with E-state index in [1.54, 1.807) is 0 Å². The Bertz CT molecular complexity index is 638. The second-order valence-corrected chi connectivity index (χ2v) is 4.66. The summed E-state index contributed by atoms with van der Waals surface area (Å²) in [5.74, 6) is -1.23. The molecule has 1 aromatic rings. The van der Waals surface area contributed by atoms with Gasteiger partial charge in [-0.25, -0.2) is 0 Å². The lowest BCUT2D eigenvalue weighted by molar-refractivity contribution is -0.384. The van der Waals surface area contributed by atoms with Crippen LogP contribution in [0.4, 0.5) is 16.2 Å². The quantitative estimate of drug-likeness (QED) is 0.494. The molecule has 1 saturated heterocycles. The summed E-state index contributed by atoms with van der Waals surface area (Å²) < 4.78 is 0. The lowest BCUT2D eigenvalue weighted by atomic mass is 10.3. The Hall–Kier alpha value is -2.68. The van der Waals surface area contributed by atoms with E-state index < -0.39 is 22.0 Å². The van der Waals surface area contributed by atoms with E-state index in [4.69, 9.17) is 0 Å². The molecule has 0 saturated carbocycles. The number of carbonyl (C=O) groups is 3. The number of nitro groups is 1. The third-order valence-electron chi connectivity index (χ3n) is 2.25. The summed E-state index contributed by atoms with van der Waals surface area (Å²) in [6.45, 7) is 0. The van der Waals surface area contributed by atoms with Crippen molar-refractivity contribution in [3.8, 4) is 0 Å². The van der Waals surface area contributed by atoms with Crippen molar-refractivity contribution in [2.75, 3.05) is 5.32 Å². The van der Waals surface area contributed by atoms with Crippen molar-refractivity contribution in [3.63, 3.8) is 0 Å². The molecule has 0 aliphatic carbocycles. The fraction of sp³-hybridized carbons (Fsp3) is 0. The third-order valence-corrected chi connectivity index (χ3v) is 3.06. The minimum absolute atomic E-state index is 0.00517. The van der Waals surface area contributed by atoms with E-state index in [2.05, 4.69) is 5.32 Å². The summed E-state index contributed by atoms with van der Waals surface area (Å²) in [7, 11) is 0. The number of rotatable bonds is 3. The number of anilines is 1. The van der Waals surface area contributed by atoms with Crippen molar-refractivity contribution in [1.29, 1.82) is 0 Å². The number of thioether (sulfide) groups is 1. The number of hydrogen-bond acceptors (Lipinski definition) is 6. The van der Waals surface area contributed by atoms with E-state index in [9.17, 15) is 24.5 Å². The van der Waals surface area contributed by atoms with Gasteiger partial charge in [0.25, 0.3) is 16.8 Å². The molecule has 20 heavy (non-hydrogen) atoms. The van der Waals surface area contributed by atoms with Crippen LogP contribution in [0.15, 0.2) is 35.2 Å². The SMILES string of the molecule is O=C(C=C1SC(=O)NC1=O)Nc1ccc([N+](=O)[O-])cc1. The zero-order valence-electron chi connectivity index (χ0n) is 9.78. The number of carbonyl (C=O) groups excluding carboxylic acids is 3. The number of nitro benzene ring substituents is 1. The molecule has 1 aliphatic rings. The minimum Gasteiger partial charge on any atom is -0.322 e. The Morgan fingerprint density at radius 1 is 1.30 bits per heavy atom. The molecule has 0 unspecified atom stereocenters. The summed E-state index contributed by atoms with van der Waals surface area (Å²) in [6.07, 6.45) is 0.992. The summed E-state index contributed by atoms with van der Waals surface area (Å²) in [5.41, 5.74) is 0.241. The first-order valence-corrected chi connectivity index (χ1v) is 6.07. The first kappa shape index (κ1) is 13.7. The predicted molar refractivity (Wildman–Crippen MR) is 70.9 cm³/mol. The second kappa shape index (κ2) is 5.53. The van der Waals surface area contributed by atoms with Crippen LogP contribution in [-0.4, -0.2) is 22.0 Å². The number of amides is 3. The lowest BCUT2D eigenvalue weighted by Crippen LogP contribution is -2.18. The highest BCUT2D eigenvalue weighted by atomic mass is 32.2. The largest absolute Gasteiger partial charge is 0.322 e. The molecule has 1 aromatic carbocycles. The molecular formula is C11H7N3O5S. The molecular weight excluding hydrogens is 286 g/mol. The molecule has 8 nitrogen and oxygen atoms in total. The van der Waals surface area contributed by atoms with Crippen LogP contribution in [0.1, 0.15) is 0 Å². The van der Waals surface area contributed by atoms with E-state index >= 15 is 0 Å². The Labute approximate surface area is 116 Å². The highest BCUT2D eigenvalue weighted by molar-refractivity contribution is 8.18. The molecule has 2 rings (SSSR count). The van der Waals surface area contributed by atoms with Crippen molar-refractivity contribution in [2.45, 2.75) is 0 Å². The van der Waals surface area contributed by atoms with E-state index in [1.165, 1.54) is 24.3 Å². The van der Waals surface area contributed by atoms with Gasteiger partial charge in [0.15, 0.2) is 0 Å². The molecule has 3 amide bonds. The molecule has 0 atom stereocenters. The third kappa shape index (κ3) is 3.20. The summed E-state index contributed by atoms with van der Waals surface area (Å²) in [5, 5.41) is 14.4. The van der Waals surface area contributed by atoms with Crippen molar-refractivity contribution in [2.24, 2.45) is 0 Å². The fourth-order valence-corrected chi connectivity index (χ4v) is 2.04. The molecule has 102 valence electrons. The first-order chi connectivity index (χ1) is 9.45. The number of imide groups is 1. The monoisotopic (exact) mass is 293 g/mol. The number of nitrogens with zero attached hydrogens (tertiary/aromatic N) is 1. The maximum absolute atomic E-state index is 11.6. The number of hydrogen-bond donors (Lipinski definition) is 2. The molecule has 1 heterocycles. The summed E-state index contributed by atoms with van der Waals surface area (Å²) in [4.78, 5) is 43.6. The van der Waals surface area contributed by atoms with Crippen LogP contribution in [0.5, 0.6) is 0 Å². The Morgan fingerprint density at radius 2 is 1.95 bits per heavy atom. The van der Waals surface area contributed by atoms with Gasteiger partial charge in [-0.2, -0.15) is 0 Å². The van der Waals surface area contributed by atoms with Gasteiger partial charge in [-0.15, -0.1) is 0 Å². The predicted octanol–water partition coefficient (Wildman–Crippen LogP) is 1.40. The maximum Gasteiger partial charge on any atom is 0.290 e. The van der Waals surface area contributed by atoms with Gasteiger partial charge in [0.1, 0.15) is 0 Å². The Kier molecular flexibility index (Phi) is 3.80. The zero-order valence-corrected chi connectivity index (χ0v) is 10.6. The average molecular weight is 293 g/mol. The highest BCUT2D eigenvalue weighted by Crippen LogP contribution is 2.23. The minimum atomic E-state index is -0.626. The second-order valence-electron chi connectivity index (χ2n) is 3.65. The van der Waals surface area contributed by atoms with Gasteiger partial charge >= 0.3 is 0 Å². The zero-order chi connectivity index (χ0) is 14.7. The van der Waals surface area contributed by atoms with Gasteiger partial charge in [-0.05, 0) is 23.9 Å². The van der Waals surface area contributed by atoms with Gasteiger partial charge in [0, 0.05) is 23.9 Å². The molecule has 1 aliphatic heterocycles. The highest BCUT2D eigenvalue weighted by Gasteiger charge is 2.25. The Morgan fingerprint density at radius 3 is 2.45 bits per heavy atom. The van der Waals surface area contributed by atoms with Crippen LogP contribution in [0.25, 0.3) is 0 Å². The van der Waals surface area contributed by atoms with Crippen LogP contribution in [-0.2, 0) is 9.59 Å². The van der Waals surface area contributed by atoms with Crippen molar-refractivity contribution in [3.05, 3.63) is 45.4 Å². The van der Waals surface area contributed by atoms with Gasteiger partial charge in [-0.3, -0.25) is 29.8 Å². The van der Waals surface area contributed by atoms with E-state index in [-0.39, 0.29) is 10.6 Å². The normalized spacial score (nSPS) is 16.1. The maximum atomic E-state index is 11.6. The number of benzene rings is 1. The van der Waals surface area contributed by atoms with Gasteiger partial charge in [0.2, 0.25) is 5.91 Å². The van der Waals surface area contributed by atoms with Crippen LogP contribution in [0, 0.1) is 10.1 Å². The molecule has 0 spiro atoms. The number of nitrogens with one attached hydrogen (secondary N) is 2. The van der Waals surface area contributed by atoms with Crippen LogP contribution >= 0.6 is 11.8 Å². The van der Waals surface area contributed by atoms with Crippen molar-refractivity contribution < 1.29 is 19.3 Å². The van der Waals surface area contributed by atoms with Gasteiger partial charge < -0.3 is 5.32 Å². The van der Waals surface area contributed by atoms with Gasteiger partial charge in [-0.1, -0.05) is 0 Å². The summed E-state index contributed by atoms with van der Waals surface area (Å²) >= 11 is 0.630. The lowest BCUT2D eigenvalue weighted by Gasteiger charge is -2.01. The molecule has 9 heteroatoms. The average Bonchev–Trinajstić information content (AvgIpc) is 2.68. The Balaban J connectivity index is 2.05. The standard InChI is InChI=1S/C11H7N3O5S/c15-9(5-8-10(16)13-11(17)20-8)12-6-1-3-7(4-2-6)14(18)19/h1-5H,(H,12,15)(H,13,16,17). The molecule has 2 N–H and O–H groups in total.